The summed E-state index contributed by atoms with van der Waals surface area (Å²) in [7, 11) is -3.37. The van der Waals surface area contributed by atoms with Gasteiger partial charge in [-0.3, -0.25) is 9.78 Å². The number of benzene rings is 1. The molecule has 0 saturated carbocycles. The lowest BCUT2D eigenvalue weighted by Gasteiger charge is -2.35. The molecule has 1 fully saturated rings. The molecule has 3 rings (SSSR count). The number of pyridine rings is 1. The van der Waals surface area contributed by atoms with Gasteiger partial charge in [0.25, 0.3) is 0 Å². The average Bonchev–Trinajstić information content (AvgIpc) is 2.75. The normalized spacial score (nSPS) is 17.0. The quantitative estimate of drug-likeness (QED) is 0.696. The van der Waals surface area contributed by atoms with Gasteiger partial charge in [-0.15, -0.1) is 0 Å². The van der Waals surface area contributed by atoms with E-state index in [1.165, 1.54) is 4.31 Å². The molecule has 0 N–H and O–H groups in total. The van der Waals surface area contributed by atoms with E-state index >= 15 is 0 Å². The molecule has 0 spiro atoms. The summed E-state index contributed by atoms with van der Waals surface area (Å²) in [5.41, 5.74) is 1.79. The Labute approximate surface area is 173 Å². The number of amides is 1. The average molecular weight is 416 g/mol. The Morgan fingerprint density at radius 2 is 1.86 bits per heavy atom. The Bertz CT molecular complexity index is 895. The number of piperidine rings is 1. The van der Waals surface area contributed by atoms with Gasteiger partial charge in [0, 0.05) is 37.9 Å². The minimum atomic E-state index is -3.37. The number of nitrogens with zero attached hydrogens (tertiary/aromatic N) is 3. The van der Waals surface area contributed by atoms with Gasteiger partial charge in [-0.25, -0.2) is 12.7 Å². The van der Waals surface area contributed by atoms with Gasteiger partial charge in [0.15, 0.2) is 0 Å². The summed E-state index contributed by atoms with van der Waals surface area (Å²) >= 11 is 0. The summed E-state index contributed by atoms with van der Waals surface area (Å²) in [5.74, 6) is -0.0350. The van der Waals surface area contributed by atoms with Crippen molar-refractivity contribution in [1.82, 2.24) is 14.2 Å². The molecule has 2 heterocycles. The summed E-state index contributed by atoms with van der Waals surface area (Å²) < 4.78 is 27.0. The van der Waals surface area contributed by atoms with Crippen molar-refractivity contribution in [2.75, 3.05) is 19.6 Å². The second-order valence-electron chi connectivity index (χ2n) is 7.50. The molecule has 2 aromatic rings. The molecule has 7 heteroatoms. The van der Waals surface area contributed by atoms with Gasteiger partial charge < -0.3 is 4.90 Å². The van der Waals surface area contributed by atoms with Crippen molar-refractivity contribution in [2.45, 2.75) is 38.5 Å². The van der Waals surface area contributed by atoms with E-state index in [0.29, 0.717) is 32.5 Å². The number of hydrogen-bond acceptors (Lipinski definition) is 4. The molecular formula is C22H29N3O3S. The second kappa shape index (κ2) is 9.50. The summed E-state index contributed by atoms with van der Waals surface area (Å²) in [6, 6.07) is 13.0. The molecule has 1 aliphatic heterocycles. The topological polar surface area (TPSA) is 70.6 Å². The van der Waals surface area contributed by atoms with Crippen molar-refractivity contribution in [3.8, 4) is 0 Å². The van der Waals surface area contributed by atoms with Gasteiger partial charge in [-0.2, -0.15) is 0 Å². The van der Waals surface area contributed by atoms with Crippen molar-refractivity contribution < 1.29 is 13.2 Å². The molecule has 1 aliphatic rings. The van der Waals surface area contributed by atoms with E-state index in [1.54, 1.807) is 12.4 Å². The zero-order valence-electron chi connectivity index (χ0n) is 17.1. The fraction of sp³-hybridized carbons (Fsp3) is 0.455. The van der Waals surface area contributed by atoms with Crippen LogP contribution in [-0.4, -0.2) is 48.1 Å². The van der Waals surface area contributed by atoms with Crippen LogP contribution in [0.4, 0.5) is 0 Å². The number of rotatable bonds is 7. The van der Waals surface area contributed by atoms with Crippen LogP contribution < -0.4 is 0 Å². The van der Waals surface area contributed by atoms with Gasteiger partial charge in [-0.05, 0) is 43.9 Å². The van der Waals surface area contributed by atoms with Crippen molar-refractivity contribution in [1.29, 1.82) is 0 Å². The van der Waals surface area contributed by atoms with Crippen LogP contribution in [0.5, 0.6) is 0 Å². The standard InChI is InChI=1S/C22H29N3O3S/c1-3-25(18(2)21-10-7-13-23-16-21)22(26)20-11-14-24(15-12-20)29(27,28)17-19-8-5-4-6-9-19/h4-10,13,16,18,20H,3,11-12,14-15,17H2,1-2H3. The maximum absolute atomic E-state index is 13.1. The summed E-state index contributed by atoms with van der Waals surface area (Å²) in [5, 5.41) is 0. The third-order valence-electron chi connectivity index (χ3n) is 5.65. The molecule has 6 nitrogen and oxygen atoms in total. The van der Waals surface area contributed by atoms with Crippen LogP contribution in [0.15, 0.2) is 54.9 Å². The van der Waals surface area contributed by atoms with Crippen molar-refractivity contribution >= 4 is 15.9 Å². The Kier molecular flexibility index (Phi) is 7.03. The van der Waals surface area contributed by atoms with Crippen LogP contribution in [0.2, 0.25) is 0 Å². The van der Waals surface area contributed by atoms with Gasteiger partial charge >= 0.3 is 0 Å². The highest BCUT2D eigenvalue weighted by atomic mass is 32.2. The smallest absolute Gasteiger partial charge is 0.226 e. The van der Waals surface area contributed by atoms with Crippen LogP contribution in [-0.2, 0) is 20.6 Å². The van der Waals surface area contributed by atoms with Crippen LogP contribution in [0, 0.1) is 5.92 Å². The number of carbonyl (C=O) groups excluding carboxylic acids is 1. The van der Waals surface area contributed by atoms with E-state index in [1.807, 2.05) is 61.2 Å². The highest BCUT2D eigenvalue weighted by Gasteiger charge is 2.34. The number of sulfonamides is 1. The minimum Gasteiger partial charge on any atom is -0.336 e. The summed E-state index contributed by atoms with van der Waals surface area (Å²) in [6.45, 7) is 5.39. The molecular weight excluding hydrogens is 386 g/mol. The van der Waals surface area contributed by atoms with Crippen LogP contribution in [0.25, 0.3) is 0 Å². The lowest BCUT2D eigenvalue weighted by atomic mass is 9.95. The molecule has 156 valence electrons. The molecule has 0 aliphatic carbocycles. The first kappa shape index (κ1) is 21.5. The summed E-state index contributed by atoms with van der Waals surface area (Å²) in [4.78, 5) is 19.2. The second-order valence-corrected chi connectivity index (χ2v) is 9.47. The largest absolute Gasteiger partial charge is 0.336 e. The van der Waals surface area contributed by atoms with Gasteiger partial charge in [0.05, 0.1) is 11.8 Å². The predicted molar refractivity (Wildman–Crippen MR) is 113 cm³/mol. The van der Waals surface area contributed by atoms with Crippen LogP contribution in [0.1, 0.15) is 43.9 Å². The van der Waals surface area contributed by atoms with Gasteiger partial charge in [0.2, 0.25) is 15.9 Å². The first-order chi connectivity index (χ1) is 13.9. The summed E-state index contributed by atoms with van der Waals surface area (Å²) in [6.07, 6.45) is 4.63. The van der Waals surface area contributed by atoms with Crippen molar-refractivity contribution in [3.05, 3.63) is 66.0 Å². The van der Waals surface area contributed by atoms with E-state index in [4.69, 9.17) is 0 Å². The number of carbonyl (C=O) groups is 1. The molecule has 1 amide bonds. The first-order valence-corrected chi connectivity index (χ1v) is 11.8. The highest BCUT2D eigenvalue weighted by Crippen LogP contribution is 2.27. The van der Waals surface area contributed by atoms with Gasteiger partial charge in [-0.1, -0.05) is 36.4 Å². The molecule has 1 atom stereocenters. The maximum atomic E-state index is 13.1. The lowest BCUT2D eigenvalue weighted by molar-refractivity contribution is -0.138. The van der Waals surface area contributed by atoms with Crippen LogP contribution >= 0.6 is 0 Å². The van der Waals surface area contributed by atoms with Crippen molar-refractivity contribution in [2.24, 2.45) is 5.92 Å². The molecule has 1 unspecified atom stereocenters. The molecule has 1 saturated heterocycles. The predicted octanol–water partition coefficient (Wildman–Crippen LogP) is 3.23. The van der Waals surface area contributed by atoms with E-state index < -0.39 is 10.0 Å². The van der Waals surface area contributed by atoms with E-state index in [2.05, 4.69) is 4.98 Å². The Morgan fingerprint density at radius 1 is 1.17 bits per heavy atom. The third-order valence-corrected chi connectivity index (χ3v) is 7.50. The Balaban J connectivity index is 1.61. The highest BCUT2D eigenvalue weighted by molar-refractivity contribution is 7.88. The SMILES string of the molecule is CCN(C(=O)C1CCN(S(=O)(=O)Cc2ccccc2)CC1)C(C)c1cccnc1. The van der Waals surface area contributed by atoms with Gasteiger partial charge in [0.1, 0.15) is 0 Å². The van der Waals surface area contributed by atoms with E-state index in [9.17, 15) is 13.2 Å². The van der Waals surface area contributed by atoms with Crippen molar-refractivity contribution in [3.63, 3.8) is 0 Å². The monoisotopic (exact) mass is 415 g/mol. The van der Waals surface area contributed by atoms with E-state index in [0.717, 1.165) is 11.1 Å². The van der Waals surface area contributed by atoms with E-state index in [-0.39, 0.29) is 23.6 Å². The number of hydrogen-bond donors (Lipinski definition) is 0. The maximum Gasteiger partial charge on any atom is 0.226 e. The molecule has 0 radical (unpaired) electrons. The molecule has 0 bridgehead atoms. The molecule has 29 heavy (non-hydrogen) atoms. The zero-order chi connectivity index (χ0) is 20.9. The first-order valence-electron chi connectivity index (χ1n) is 10.1. The third kappa shape index (κ3) is 5.22. The minimum absolute atomic E-state index is 0.00554. The fourth-order valence-electron chi connectivity index (χ4n) is 3.92. The Morgan fingerprint density at radius 3 is 2.45 bits per heavy atom. The Hall–Kier alpha value is -2.25. The van der Waals surface area contributed by atoms with Crippen LogP contribution in [0.3, 0.4) is 0 Å². The number of aromatic nitrogens is 1. The molecule has 1 aromatic carbocycles. The zero-order valence-corrected chi connectivity index (χ0v) is 17.9. The lowest BCUT2D eigenvalue weighted by Crippen LogP contribution is -2.45. The fourth-order valence-corrected chi connectivity index (χ4v) is 5.48. The molecule has 1 aromatic heterocycles.